The molecule has 0 spiro atoms. The van der Waals surface area contributed by atoms with Crippen LogP contribution in [0.1, 0.15) is 49.9 Å². The molecule has 0 bridgehead atoms. The molecule has 2 atom stereocenters. The number of rotatable bonds is 3. The van der Waals surface area contributed by atoms with Gasteiger partial charge in [0.1, 0.15) is 5.82 Å². The molecule has 0 aliphatic heterocycles. The van der Waals surface area contributed by atoms with Crippen molar-refractivity contribution in [3.8, 4) is 0 Å². The van der Waals surface area contributed by atoms with E-state index in [1.807, 2.05) is 0 Å². The molecular formula is C15H22BrN3O. The number of hydrogen-bond donors (Lipinski definition) is 2. The van der Waals surface area contributed by atoms with Gasteiger partial charge >= 0.3 is 0 Å². The molecule has 1 amide bonds. The van der Waals surface area contributed by atoms with Crippen molar-refractivity contribution in [1.29, 1.82) is 0 Å². The topological polar surface area (TPSA) is 68.0 Å². The van der Waals surface area contributed by atoms with Gasteiger partial charge in [-0.25, -0.2) is 4.98 Å². The fraction of sp³-hybridized carbons (Fsp3) is 0.600. The van der Waals surface area contributed by atoms with Crippen molar-refractivity contribution in [2.75, 3.05) is 5.73 Å². The second kappa shape index (κ2) is 6.57. The summed E-state index contributed by atoms with van der Waals surface area (Å²) in [5, 5.41) is 3.15. The first-order valence-electron chi connectivity index (χ1n) is 7.21. The van der Waals surface area contributed by atoms with Crippen LogP contribution in [0.25, 0.3) is 0 Å². The fourth-order valence-corrected chi connectivity index (χ4v) is 3.35. The Kier molecular flexibility index (Phi) is 5.02. The molecule has 0 aromatic carbocycles. The number of nitrogen functional groups attached to an aromatic ring is 1. The molecule has 110 valence electrons. The lowest BCUT2D eigenvalue weighted by molar-refractivity contribution is 0.0889. The van der Waals surface area contributed by atoms with E-state index < -0.39 is 0 Å². The van der Waals surface area contributed by atoms with Gasteiger partial charge in [-0.1, -0.05) is 26.7 Å². The number of pyridine rings is 1. The van der Waals surface area contributed by atoms with Crippen LogP contribution in [0.5, 0.6) is 0 Å². The standard InChI is InChI=1S/C15H22BrN3O/c1-9(2)11-5-3-4-6-13(11)19-15(20)12-7-10(16)8-18-14(12)17/h7-9,11,13H,3-6H2,1-2H3,(H2,17,18)(H,19,20). The van der Waals surface area contributed by atoms with Crippen molar-refractivity contribution < 1.29 is 4.79 Å². The summed E-state index contributed by atoms with van der Waals surface area (Å²) in [5.41, 5.74) is 6.25. The summed E-state index contributed by atoms with van der Waals surface area (Å²) in [4.78, 5) is 16.4. The molecule has 0 radical (unpaired) electrons. The third kappa shape index (κ3) is 3.51. The van der Waals surface area contributed by atoms with E-state index in [1.165, 1.54) is 19.3 Å². The van der Waals surface area contributed by atoms with E-state index in [-0.39, 0.29) is 17.8 Å². The molecule has 2 unspecified atom stereocenters. The number of aromatic nitrogens is 1. The Hall–Kier alpha value is -1.10. The monoisotopic (exact) mass is 339 g/mol. The van der Waals surface area contributed by atoms with Crippen molar-refractivity contribution in [2.24, 2.45) is 11.8 Å². The Labute approximate surface area is 128 Å². The first-order chi connectivity index (χ1) is 9.49. The van der Waals surface area contributed by atoms with Crippen molar-refractivity contribution >= 4 is 27.7 Å². The normalized spacial score (nSPS) is 22.8. The van der Waals surface area contributed by atoms with Crippen molar-refractivity contribution in [3.05, 3.63) is 22.3 Å². The van der Waals surface area contributed by atoms with Crippen molar-refractivity contribution in [3.63, 3.8) is 0 Å². The molecule has 2 rings (SSSR count). The van der Waals surface area contributed by atoms with E-state index >= 15 is 0 Å². The minimum Gasteiger partial charge on any atom is -0.383 e. The van der Waals surface area contributed by atoms with E-state index in [0.717, 1.165) is 10.9 Å². The first kappa shape index (κ1) is 15.3. The molecule has 1 heterocycles. The van der Waals surface area contributed by atoms with Crippen LogP contribution >= 0.6 is 15.9 Å². The van der Waals surface area contributed by atoms with Gasteiger partial charge in [0.2, 0.25) is 0 Å². The van der Waals surface area contributed by atoms with Gasteiger partial charge in [-0.05, 0) is 46.7 Å². The third-order valence-corrected chi connectivity index (χ3v) is 4.56. The fourth-order valence-electron chi connectivity index (χ4n) is 3.01. The Morgan fingerprint density at radius 1 is 1.45 bits per heavy atom. The van der Waals surface area contributed by atoms with Gasteiger partial charge in [0.05, 0.1) is 5.56 Å². The van der Waals surface area contributed by atoms with Gasteiger partial charge in [0, 0.05) is 16.7 Å². The van der Waals surface area contributed by atoms with Crippen LogP contribution in [0.4, 0.5) is 5.82 Å². The zero-order valence-corrected chi connectivity index (χ0v) is 13.6. The summed E-state index contributed by atoms with van der Waals surface area (Å²) in [6.45, 7) is 4.45. The van der Waals surface area contributed by atoms with E-state index in [1.54, 1.807) is 12.3 Å². The van der Waals surface area contributed by atoms with E-state index in [9.17, 15) is 4.79 Å². The number of nitrogens with one attached hydrogen (secondary N) is 1. The molecule has 3 N–H and O–H groups in total. The summed E-state index contributed by atoms with van der Waals surface area (Å²) in [6.07, 6.45) is 6.28. The van der Waals surface area contributed by atoms with Crippen LogP contribution in [-0.2, 0) is 0 Å². The second-order valence-electron chi connectivity index (χ2n) is 5.86. The molecule has 1 fully saturated rings. The molecule has 0 saturated heterocycles. The number of halogens is 1. The lowest BCUT2D eigenvalue weighted by atomic mass is 9.78. The minimum absolute atomic E-state index is 0.117. The zero-order chi connectivity index (χ0) is 14.7. The SMILES string of the molecule is CC(C)C1CCCCC1NC(=O)c1cc(Br)cnc1N. The first-order valence-corrected chi connectivity index (χ1v) is 8.00. The Morgan fingerprint density at radius 2 is 2.15 bits per heavy atom. The molecule has 20 heavy (non-hydrogen) atoms. The maximum atomic E-state index is 12.4. The van der Waals surface area contributed by atoms with Gasteiger partial charge in [-0.3, -0.25) is 4.79 Å². The number of nitrogens with two attached hydrogens (primary N) is 1. The number of carbonyl (C=O) groups excluding carboxylic acids is 1. The smallest absolute Gasteiger partial charge is 0.255 e. The van der Waals surface area contributed by atoms with E-state index in [2.05, 4.69) is 40.1 Å². The molecule has 1 aromatic heterocycles. The zero-order valence-electron chi connectivity index (χ0n) is 12.0. The lowest BCUT2D eigenvalue weighted by Gasteiger charge is -2.35. The summed E-state index contributed by atoms with van der Waals surface area (Å²) in [7, 11) is 0. The third-order valence-electron chi connectivity index (χ3n) is 4.12. The number of hydrogen-bond acceptors (Lipinski definition) is 3. The average Bonchev–Trinajstić information content (AvgIpc) is 2.41. The average molecular weight is 340 g/mol. The van der Waals surface area contributed by atoms with Crippen LogP contribution in [0.15, 0.2) is 16.7 Å². The molecule has 1 aliphatic carbocycles. The van der Waals surface area contributed by atoms with E-state index in [4.69, 9.17) is 5.73 Å². The Bertz CT molecular complexity index is 490. The minimum atomic E-state index is -0.117. The summed E-state index contributed by atoms with van der Waals surface area (Å²) in [6, 6.07) is 1.97. The highest BCUT2D eigenvalue weighted by Gasteiger charge is 2.29. The van der Waals surface area contributed by atoms with Crippen LogP contribution in [0, 0.1) is 11.8 Å². The number of carbonyl (C=O) groups is 1. The quantitative estimate of drug-likeness (QED) is 0.886. The van der Waals surface area contributed by atoms with Gasteiger partial charge in [0.25, 0.3) is 5.91 Å². The Balaban J connectivity index is 2.11. The molecule has 1 aliphatic rings. The number of amides is 1. The van der Waals surface area contributed by atoms with E-state index in [0.29, 0.717) is 17.4 Å². The lowest BCUT2D eigenvalue weighted by Crippen LogP contribution is -2.44. The Morgan fingerprint density at radius 3 is 2.85 bits per heavy atom. The van der Waals surface area contributed by atoms with Gasteiger partial charge in [-0.15, -0.1) is 0 Å². The van der Waals surface area contributed by atoms with Crippen molar-refractivity contribution in [1.82, 2.24) is 10.3 Å². The highest BCUT2D eigenvalue weighted by Crippen LogP contribution is 2.30. The van der Waals surface area contributed by atoms with Crippen LogP contribution in [-0.4, -0.2) is 16.9 Å². The van der Waals surface area contributed by atoms with Gasteiger partial charge < -0.3 is 11.1 Å². The maximum Gasteiger partial charge on any atom is 0.255 e. The summed E-state index contributed by atoms with van der Waals surface area (Å²) in [5.74, 6) is 1.30. The van der Waals surface area contributed by atoms with Gasteiger partial charge in [0.15, 0.2) is 0 Å². The predicted octanol–water partition coefficient (Wildman–Crippen LogP) is 3.37. The molecule has 1 aromatic rings. The molecular weight excluding hydrogens is 318 g/mol. The predicted molar refractivity (Wildman–Crippen MR) is 84.4 cm³/mol. The van der Waals surface area contributed by atoms with Gasteiger partial charge in [-0.2, -0.15) is 0 Å². The summed E-state index contributed by atoms with van der Waals surface area (Å²) >= 11 is 3.33. The summed E-state index contributed by atoms with van der Waals surface area (Å²) < 4.78 is 0.765. The van der Waals surface area contributed by atoms with Crippen LogP contribution in [0.3, 0.4) is 0 Å². The van der Waals surface area contributed by atoms with Crippen LogP contribution < -0.4 is 11.1 Å². The highest BCUT2D eigenvalue weighted by molar-refractivity contribution is 9.10. The maximum absolute atomic E-state index is 12.4. The number of anilines is 1. The van der Waals surface area contributed by atoms with Crippen LogP contribution in [0.2, 0.25) is 0 Å². The largest absolute Gasteiger partial charge is 0.383 e. The molecule has 4 nitrogen and oxygen atoms in total. The molecule has 5 heteroatoms. The highest BCUT2D eigenvalue weighted by atomic mass is 79.9. The second-order valence-corrected chi connectivity index (χ2v) is 6.77. The number of nitrogens with zero attached hydrogens (tertiary/aromatic N) is 1. The van der Waals surface area contributed by atoms with Crippen molar-refractivity contribution in [2.45, 2.75) is 45.6 Å². The molecule has 1 saturated carbocycles.